The van der Waals surface area contributed by atoms with Gasteiger partial charge in [0.1, 0.15) is 5.75 Å². The molecule has 1 unspecified atom stereocenters. The molecule has 0 bridgehead atoms. The summed E-state index contributed by atoms with van der Waals surface area (Å²) in [7, 11) is 5.67. The normalized spacial score (nSPS) is 12.1. The molecule has 0 aliphatic rings. The molecule has 1 N–H and O–H groups in total. The molecule has 0 aromatic heterocycles. The summed E-state index contributed by atoms with van der Waals surface area (Å²) in [5, 5.41) is 3.06. The minimum absolute atomic E-state index is 0.0396. The van der Waals surface area contributed by atoms with Gasteiger partial charge in [-0.25, -0.2) is 0 Å². The van der Waals surface area contributed by atoms with Crippen LogP contribution in [0.25, 0.3) is 0 Å². The first-order valence-corrected chi connectivity index (χ1v) is 8.08. The van der Waals surface area contributed by atoms with Gasteiger partial charge in [-0.2, -0.15) is 0 Å². The number of rotatable bonds is 6. The van der Waals surface area contributed by atoms with Crippen molar-refractivity contribution in [3.8, 4) is 5.75 Å². The topological polar surface area (TPSA) is 41.6 Å². The van der Waals surface area contributed by atoms with Crippen LogP contribution in [0.1, 0.15) is 33.1 Å². The molecular weight excluding hydrogens is 300 g/mol. The largest absolute Gasteiger partial charge is 0.497 e. The van der Waals surface area contributed by atoms with Crippen LogP contribution in [0.15, 0.2) is 42.5 Å². The second kappa shape index (κ2) is 7.97. The molecule has 128 valence electrons. The molecule has 0 aliphatic carbocycles. The maximum Gasteiger partial charge on any atom is 0.251 e. The molecule has 0 radical (unpaired) electrons. The summed E-state index contributed by atoms with van der Waals surface area (Å²) in [6.45, 7) is 4.53. The third-order valence-corrected chi connectivity index (χ3v) is 4.18. The lowest BCUT2D eigenvalue weighted by atomic mass is 10.0. The lowest BCUT2D eigenvalue weighted by Gasteiger charge is -2.25. The van der Waals surface area contributed by atoms with E-state index in [1.54, 1.807) is 7.11 Å². The molecule has 2 aromatic rings. The molecule has 4 heteroatoms. The van der Waals surface area contributed by atoms with Crippen molar-refractivity contribution in [3.63, 3.8) is 0 Å². The van der Waals surface area contributed by atoms with Crippen molar-refractivity contribution in [2.24, 2.45) is 0 Å². The number of likely N-dealkylation sites (N-methyl/N-ethyl adjacent to an activating group) is 1. The van der Waals surface area contributed by atoms with Crippen molar-refractivity contribution >= 4 is 5.91 Å². The SMILES string of the molecule is COc1cccc(C(CNC(=O)c2ccc(C)cc2C)N(C)C)c1. The van der Waals surface area contributed by atoms with Crippen LogP contribution >= 0.6 is 0 Å². The van der Waals surface area contributed by atoms with Crippen molar-refractivity contribution < 1.29 is 9.53 Å². The molecule has 0 aliphatic heterocycles. The Morgan fingerprint density at radius 1 is 1.17 bits per heavy atom. The Bertz CT molecular complexity index is 711. The van der Waals surface area contributed by atoms with E-state index in [2.05, 4.69) is 16.3 Å². The van der Waals surface area contributed by atoms with Gasteiger partial charge >= 0.3 is 0 Å². The second-order valence-corrected chi connectivity index (χ2v) is 6.28. The third-order valence-electron chi connectivity index (χ3n) is 4.18. The lowest BCUT2D eigenvalue weighted by molar-refractivity contribution is 0.0941. The molecule has 0 saturated heterocycles. The Hall–Kier alpha value is -2.33. The van der Waals surface area contributed by atoms with Crippen molar-refractivity contribution in [3.05, 3.63) is 64.7 Å². The number of methoxy groups -OCH3 is 1. The fourth-order valence-corrected chi connectivity index (χ4v) is 2.80. The number of hydrogen-bond acceptors (Lipinski definition) is 3. The Morgan fingerprint density at radius 3 is 2.54 bits per heavy atom. The molecule has 0 saturated carbocycles. The molecule has 0 fully saturated rings. The molecule has 4 nitrogen and oxygen atoms in total. The third kappa shape index (κ3) is 4.36. The smallest absolute Gasteiger partial charge is 0.251 e. The van der Waals surface area contributed by atoms with Gasteiger partial charge in [0, 0.05) is 12.1 Å². The quantitative estimate of drug-likeness (QED) is 0.885. The number of nitrogens with one attached hydrogen (secondary N) is 1. The monoisotopic (exact) mass is 326 g/mol. The maximum atomic E-state index is 12.5. The van der Waals surface area contributed by atoms with Crippen molar-refractivity contribution in [1.82, 2.24) is 10.2 Å². The molecule has 2 rings (SSSR count). The molecule has 1 atom stereocenters. The Labute approximate surface area is 144 Å². The van der Waals surface area contributed by atoms with E-state index >= 15 is 0 Å². The van der Waals surface area contributed by atoms with Gasteiger partial charge in [0.15, 0.2) is 0 Å². The first kappa shape index (κ1) is 18.0. The van der Waals surface area contributed by atoms with E-state index < -0.39 is 0 Å². The molecule has 1 amide bonds. The molecule has 2 aromatic carbocycles. The van der Waals surface area contributed by atoms with Crippen molar-refractivity contribution in [2.45, 2.75) is 19.9 Å². The van der Waals surface area contributed by atoms with Crippen LogP contribution < -0.4 is 10.1 Å². The summed E-state index contributed by atoms with van der Waals surface area (Å²) in [5.74, 6) is 0.780. The van der Waals surface area contributed by atoms with Crippen LogP contribution in [-0.2, 0) is 0 Å². The van der Waals surface area contributed by atoms with Crippen LogP contribution in [0.2, 0.25) is 0 Å². The first-order valence-electron chi connectivity index (χ1n) is 8.08. The number of aryl methyl sites for hydroxylation is 2. The standard InChI is InChI=1S/C20H26N2O2/c1-14-9-10-18(15(2)11-14)20(23)21-13-19(22(3)4)16-7-6-8-17(12-16)24-5/h6-12,19H,13H2,1-5H3,(H,21,23). The van der Waals surface area contributed by atoms with E-state index in [4.69, 9.17) is 4.74 Å². The van der Waals surface area contributed by atoms with Gasteiger partial charge in [-0.05, 0) is 57.3 Å². The van der Waals surface area contributed by atoms with Gasteiger partial charge in [0.05, 0.1) is 13.2 Å². The van der Waals surface area contributed by atoms with E-state index in [0.29, 0.717) is 6.54 Å². The summed E-state index contributed by atoms with van der Waals surface area (Å²) in [5.41, 5.74) is 3.99. The van der Waals surface area contributed by atoms with Gasteiger partial charge in [-0.3, -0.25) is 4.79 Å². The number of carbonyl (C=O) groups excluding carboxylic acids is 1. The number of benzene rings is 2. The zero-order chi connectivity index (χ0) is 17.7. The van der Waals surface area contributed by atoms with Gasteiger partial charge in [0.25, 0.3) is 5.91 Å². The molecule has 0 heterocycles. The number of hydrogen-bond donors (Lipinski definition) is 1. The van der Waals surface area contributed by atoms with Gasteiger partial charge in [-0.1, -0.05) is 29.8 Å². The average molecular weight is 326 g/mol. The zero-order valence-corrected chi connectivity index (χ0v) is 15.1. The van der Waals surface area contributed by atoms with E-state index in [1.807, 2.05) is 64.3 Å². The van der Waals surface area contributed by atoms with E-state index in [0.717, 1.165) is 28.0 Å². The van der Waals surface area contributed by atoms with E-state index in [-0.39, 0.29) is 11.9 Å². The van der Waals surface area contributed by atoms with Gasteiger partial charge in [-0.15, -0.1) is 0 Å². The van der Waals surface area contributed by atoms with E-state index in [1.165, 1.54) is 0 Å². The van der Waals surface area contributed by atoms with Crippen LogP contribution in [0.5, 0.6) is 5.75 Å². The predicted octanol–water partition coefficient (Wildman–Crippen LogP) is 3.34. The second-order valence-electron chi connectivity index (χ2n) is 6.28. The molecule has 0 spiro atoms. The number of nitrogens with zero attached hydrogens (tertiary/aromatic N) is 1. The first-order chi connectivity index (χ1) is 11.4. The highest BCUT2D eigenvalue weighted by Gasteiger charge is 2.17. The van der Waals surface area contributed by atoms with Crippen LogP contribution in [0.4, 0.5) is 0 Å². The summed E-state index contributed by atoms with van der Waals surface area (Å²) in [4.78, 5) is 14.6. The van der Waals surface area contributed by atoms with Crippen LogP contribution in [0, 0.1) is 13.8 Å². The fraction of sp³-hybridized carbons (Fsp3) is 0.350. The van der Waals surface area contributed by atoms with Gasteiger partial charge in [0.2, 0.25) is 0 Å². The highest BCUT2D eigenvalue weighted by molar-refractivity contribution is 5.95. The predicted molar refractivity (Wildman–Crippen MR) is 97.7 cm³/mol. The van der Waals surface area contributed by atoms with Crippen LogP contribution in [0.3, 0.4) is 0 Å². The summed E-state index contributed by atoms with van der Waals surface area (Å²) >= 11 is 0. The summed E-state index contributed by atoms with van der Waals surface area (Å²) < 4.78 is 5.30. The highest BCUT2D eigenvalue weighted by Crippen LogP contribution is 2.22. The summed E-state index contributed by atoms with van der Waals surface area (Å²) in [6, 6.07) is 13.9. The van der Waals surface area contributed by atoms with Crippen LogP contribution in [-0.4, -0.2) is 38.6 Å². The Morgan fingerprint density at radius 2 is 1.92 bits per heavy atom. The Kier molecular flexibility index (Phi) is 5.99. The minimum Gasteiger partial charge on any atom is -0.497 e. The van der Waals surface area contributed by atoms with Gasteiger partial charge < -0.3 is 15.0 Å². The Balaban J connectivity index is 2.12. The van der Waals surface area contributed by atoms with Crippen molar-refractivity contribution in [1.29, 1.82) is 0 Å². The zero-order valence-electron chi connectivity index (χ0n) is 15.1. The van der Waals surface area contributed by atoms with Crippen molar-refractivity contribution in [2.75, 3.05) is 27.7 Å². The van der Waals surface area contributed by atoms with E-state index in [9.17, 15) is 4.79 Å². The molecule has 24 heavy (non-hydrogen) atoms. The maximum absolute atomic E-state index is 12.5. The summed E-state index contributed by atoms with van der Waals surface area (Å²) in [6.07, 6.45) is 0. The number of carbonyl (C=O) groups is 1. The number of amides is 1. The highest BCUT2D eigenvalue weighted by atomic mass is 16.5. The minimum atomic E-state index is -0.0396. The fourth-order valence-electron chi connectivity index (χ4n) is 2.80. The average Bonchev–Trinajstić information content (AvgIpc) is 2.54. The number of ether oxygens (including phenoxy) is 1. The molecular formula is C20H26N2O2. The lowest BCUT2D eigenvalue weighted by Crippen LogP contribution is -2.34.